The minimum atomic E-state index is -0.486. The molecule has 29 heavy (non-hydrogen) atoms. The molecule has 0 aliphatic heterocycles. The van der Waals surface area contributed by atoms with E-state index in [0.717, 1.165) is 20.8 Å². The van der Waals surface area contributed by atoms with E-state index < -0.39 is 11.9 Å². The fourth-order valence-electron chi connectivity index (χ4n) is 3.05. The number of carbonyl (C=O) groups is 2. The van der Waals surface area contributed by atoms with Gasteiger partial charge in [0.15, 0.2) is 0 Å². The molecule has 0 radical (unpaired) electrons. The molecule has 0 aromatic carbocycles. The summed E-state index contributed by atoms with van der Waals surface area (Å²) in [5.74, 6) is -0.516. The van der Waals surface area contributed by atoms with E-state index in [1.807, 2.05) is 0 Å². The zero-order chi connectivity index (χ0) is 21.1. The lowest BCUT2D eigenvalue weighted by Gasteiger charge is -2.06. The molecule has 3 aromatic rings. The molecule has 0 saturated heterocycles. The van der Waals surface area contributed by atoms with Crippen molar-refractivity contribution >= 4 is 45.3 Å². The summed E-state index contributed by atoms with van der Waals surface area (Å²) in [6.07, 6.45) is 1.55. The van der Waals surface area contributed by atoms with Crippen LogP contribution >= 0.6 is 23.1 Å². The van der Waals surface area contributed by atoms with Crippen LogP contribution in [0.3, 0.4) is 0 Å². The normalized spacial score (nSPS) is 11.1. The van der Waals surface area contributed by atoms with Gasteiger partial charge in [-0.25, -0.2) is 19.6 Å². The maximum Gasteiger partial charge on any atom is 0.355 e. The number of ether oxygens (including phenoxy) is 2. The third kappa shape index (κ3) is 4.16. The summed E-state index contributed by atoms with van der Waals surface area (Å²) < 4.78 is 10.3. The Bertz CT molecular complexity index is 1070. The van der Waals surface area contributed by atoms with Gasteiger partial charge in [-0.15, -0.1) is 11.3 Å². The number of carbonyl (C=O) groups excluding carboxylic acids is 2. The van der Waals surface area contributed by atoms with Gasteiger partial charge in [-0.05, 0) is 45.7 Å². The van der Waals surface area contributed by atoms with Gasteiger partial charge >= 0.3 is 11.9 Å². The van der Waals surface area contributed by atoms with E-state index in [0.29, 0.717) is 22.6 Å². The zero-order valence-electron chi connectivity index (χ0n) is 17.0. The highest BCUT2D eigenvalue weighted by molar-refractivity contribution is 7.98. The molecule has 3 aromatic heterocycles. The summed E-state index contributed by atoms with van der Waals surface area (Å²) in [5.41, 5.74) is 2.97. The van der Waals surface area contributed by atoms with E-state index in [4.69, 9.17) is 9.47 Å². The molecule has 3 rings (SSSR count). The lowest BCUT2D eigenvalue weighted by molar-refractivity contribution is 0.0518. The van der Waals surface area contributed by atoms with Crippen LogP contribution in [-0.2, 0) is 15.2 Å². The van der Waals surface area contributed by atoms with Crippen LogP contribution in [0.4, 0.5) is 0 Å². The van der Waals surface area contributed by atoms with Gasteiger partial charge in [0.05, 0.1) is 18.8 Å². The van der Waals surface area contributed by atoms with Gasteiger partial charge in [-0.2, -0.15) is 0 Å². The number of H-pyrrole nitrogens is 1. The molecular formula is C20H23N3O4S2. The van der Waals surface area contributed by atoms with E-state index in [1.54, 1.807) is 38.4 Å². The Morgan fingerprint density at radius 2 is 1.76 bits per heavy atom. The fourth-order valence-corrected chi connectivity index (χ4v) is 5.13. The summed E-state index contributed by atoms with van der Waals surface area (Å²) in [7, 11) is 0. The summed E-state index contributed by atoms with van der Waals surface area (Å²) in [6, 6.07) is 0. The molecule has 7 nitrogen and oxygen atoms in total. The number of thioether (sulfide) groups is 1. The van der Waals surface area contributed by atoms with Crippen molar-refractivity contribution < 1.29 is 19.1 Å². The zero-order valence-corrected chi connectivity index (χ0v) is 18.7. The van der Waals surface area contributed by atoms with E-state index in [9.17, 15) is 9.59 Å². The number of hydrogen-bond acceptors (Lipinski definition) is 8. The highest BCUT2D eigenvalue weighted by atomic mass is 32.2. The van der Waals surface area contributed by atoms with Crippen LogP contribution in [0.25, 0.3) is 10.2 Å². The fraction of sp³-hybridized carbons (Fsp3) is 0.400. The van der Waals surface area contributed by atoms with Gasteiger partial charge in [0.1, 0.15) is 21.9 Å². The van der Waals surface area contributed by atoms with Crippen molar-refractivity contribution in [1.82, 2.24) is 15.0 Å². The quantitative estimate of drug-likeness (QED) is 0.331. The van der Waals surface area contributed by atoms with E-state index in [2.05, 4.69) is 28.8 Å². The molecule has 0 unspecified atom stereocenters. The second-order valence-corrected chi connectivity index (χ2v) is 8.52. The third-order valence-corrected chi connectivity index (χ3v) is 6.70. The lowest BCUT2D eigenvalue weighted by Crippen LogP contribution is -2.09. The van der Waals surface area contributed by atoms with Crippen LogP contribution in [-0.4, -0.2) is 40.1 Å². The molecule has 0 fully saturated rings. The van der Waals surface area contributed by atoms with Crippen LogP contribution in [0.5, 0.6) is 0 Å². The highest BCUT2D eigenvalue weighted by Crippen LogP contribution is 2.36. The molecule has 0 aliphatic carbocycles. The molecule has 9 heteroatoms. The van der Waals surface area contributed by atoms with Crippen LogP contribution in [0, 0.1) is 20.8 Å². The SMILES string of the molecule is CCOC(=O)c1[nH]c(CSc2ncnc3sc(C)c(C)c23)c(C(=O)OCC)c1C. The second kappa shape index (κ2) is 8.96. The topological polar surface area (TPSA) is 94.2 Å². The Morgan fingerprint density at radius 3 is 2.45 bits per heavy atom. The Balaban J connectivity index is 1.97. The number of aryl methyl sites for hydroxylation is 2. The first-order valence-corrected chi connectivity index (χ1v) is 11.1. The summed E-state index contributed by atoms with van der Waals surface area (Å²) >= 11 is 3.13. The third-order valence-electron chi connectivity index (χ3n) is 4.57. The molecule has 1 N–H and O–H groups in total. The van der Waals surface area contributed by atoms with Crippen molar-refractivity contribution in [2.24, 2.45) is 0 Å². The average Bonchev–Trinajstić information content (AvgIpc) is 3.17. The monoisotopic (exact) mass is 433 g/mol. The first kappa shape index (κ1) is 21.3. The smallest absolute Gasteiger partial charge is 0.355 e. The number of nitrogens with zero attached hydrogens (tertiary/aromatic N) is 2. The van der Waals surface area contributed by atoms with Crippen molar-refractivity contribution in [3.63, 3.8) is 0 Å². The standard InChI is InChI=1S/C20H23N3O4S2/c1-6-26-19(24)14-11(4)16(20(25)27-7-2)23-13(14)8-28-17-15-10(3)12(5)29-18(15)22-9-21-17/h9,23H,6-8H2,1-5H3. The number of fused-ring (bicyclic) bond motifs is 1. The molecule has 0 spiro atoms. The first-order chi connectivity index (χ1) is 13.9. The minimum Gasteiger partial charge on any atom is -0.462 e. The first-order valence-electron chi connectivity index (χ1n) is 9.28. The Hall–Kier alpha value is -2.39. The van der Waals surface area contributed by atoms with E-state index in [-0.39, 0.29) is 18.9 Å². The molecule has 0 amide bonds. The lowest BCUT2D eigenvalue weighted by atomic mass is 10.1. The number of aromatic nitrogens is 3. The molecule has 0 saturated carbocycles. The summed E-state index contributed by atoms with van der Waals surface area (Å²) in [6.45, 7) is 9.85. The molecular weight excluding hydrogens is 410 g/mol. The van der Waals surface area contributed by atoms with Crippen molar-refractivity contribution in [2.45, 2.75) is 45.4 Å². The van der Waals surface area contributed by atoms with Crippen molar-refractivity contribution in [2.75, 3.05) is 13.2 Å². The van der Waals surface area contributed by atoms with Crippen molar-refractivity contribution in [3.8, 4) is 0 Å². The number of hydrogen-bond donors (Lipinski definition) is 1. The summed E-state index contributed by atoms with van der Waals surface area (Å²) in [5, 5.41) is 1.88. The molecule has 0 aliphatic rings. The number of rotatable bonds is 7. The van der Waals surface area contributed by atoms with Gasteiger partial charge in [0, 0.05) is 21.7 Å². The predicted molar refractivity (Wildman–Crippen MR) is 114 cm³/mol. The molecule has 0 atom stereocenters. The summed E-state index contributed by atoms with van der Waals surface area (Å²) in [4.78, 5) is 38.8. The Kier molecular flexibility index (Phi) is 6.59. The van der Waals surface area contributed by atoms with Crippen LogP contribution in [0.1, 0.15) is 56.4 Å². The number of aromatic amines is 1. The maximum absolute atomic E-state index is 12.5. The second-order valence-electron chi connectivity index (χ2n) is 6.35. The predicted octanol–water partition coefficient (Wildman–Crippen LogP) is 4.59. The Morgan fingerprint density at radius 1 is 1.07 bits per heavy atom. The van der Waals surface area contributed by atoms with Gasteiger partial charge in [0.2, 0.25) is 0 Å². The molecule has 3 heterocycles. The number of esters is 2. The van der Waals surface area contributed by atoms with E-state index in [1.165, 1.54) is 16.6 Å². The highest BCUT2D eigenvalue weighted by Gasteiger charge is 2.26. The molecule has 0 bridgehead atoms. The minimum absolute atomic E-state index is 0.255. The largest absolute Gasteiger partial charge is 0.462 e. The Labute approximate surface area is 177 Å². The maximum atomic E-state index is 12.5. The molecule has 154 valence electrons. The number of nitrogens with one attached hydrogen (secondary N) is 1. The van der Waals surface area contributed by atoms with Crippen molar-refractivity contribution in [3.05, 3.63) is 39.3 Å². The van der Waals surface area contributed by atoms with Gasteiger partial charge in [0.25, 0.3) is 0 Å². The van der Waals surface area contributed by atoms with Gasteiger partial charge in [-0.1, -0.05) is 11.8 Å². The average molecular weight is 434 g/mol. The van der Waals surface area contributed by atoms with Gasteiger partial charge in [-0.3, -0.25) is 0 Å². The van der Waals surface area contributed by atoms with Crippen LogP contribution < -0.4 is 0 Å². The van der Waals surface area contributed by atoms with Crippen LogP contribution in [0.2, 0.25) is 0 Å². The van der Waals surface area contributed by atoms with E-state index >= 15 is 0 Å². The number of thiophene rings is 1. The van der Waals surface area contributed by atoms with Crippen LogP contribution in [0.15, 0.2) is 11.4 Å². The van der Waals surface area contributed by atoms with Gasteiger partial charge < -0.3 is 14.5 Å². The van der Waals surface area contributed by atoms with Crippen molar-refractivity contribution in [1.29, 1.82) is 0 Å².